The Bertz CT molecular complexity index is 2390. The molecule has 8 rings (SSSR count). The zero-order chi connectivity index (χ0) is 42.2. The summed E-state index contributed by atoms with van der Waals surface area (Å²) in [7, 11) is 5.56. The maximum Gasteiger partial charge on any atom is 0.297 e. The zero-order valence-corrected chi connectivity index (χ0v) is 34.9. The number of hydrogen-bond donors (Lipinski definition) is 3. The number of methoxy groups -OCH3 is 2. The second-order valence-electron chi connectivity index (χ2n) is 15.4. The van der Waals surface area contributed by atoms with E-state index in [0.29, 0.717) is 46.9 Å². The maximum atomic E-state index is 14.1. The highest BCUT2D eigenvalue weighted by Gasteiger charge is 2.24. The summed E-state index contributed by atoms with van der Waals surface area (Å²) in [6, 6.07) is 18.4. The predicted octanol–water partition coefficient (Wildman–Crippen LogP) is 10.3. The van der Waals surface area contributed by atoms with Gasteiger partial charge in [0.1, 0.15) is 17.0 Å². The van der Waals surface area contributed by atoms with E-state index in [0.717, 1.165) is 63.2 Å². The summed E-state index contributed by atoms with van der Waals surface area (Å²) < 4.78 is 42.0. The molecule has 2 saturated carbocycles. The number of anilines is 2. The Morgan fingerprint density at radius 3 is 2.28 bits per heavy atom. The highest BCUT2D eigenvalue weighted by atomic mass is 35.5. The van der Waals surface area contributed by atoms with Crippen molar-refractivity contribution in [3.8, 4) is 28.3 Å². The molecule has 0 spiro atoms. The second kappa shape index (κ2) is 19.7. The molecule has 0 unspecified atom stereocenters. The fourth-order valence-electron chi connectivity index (χ4n) is 8.53. The van der Waals surface area contributed by atoms with Gasteiger partial charge in [0.05, 0.1) is 53.4 Å². The van der Waals surface area contributed by atoms with Gasteiger partial charge in [-0.05, 0) is 62.1 Å². The molecule has 2 aliphatic rings. The van der Waals surface area contributed by atoms with Crippen molar-refractivity contribution in [2.45, 2.75) is 95.8 Å². The zero-order valence-electron chi connectivity index (χ0n) is 34.1. The molecule has 3 heterocycles. The van der Waals surface area contributed by atoms with Crippen LogP contribution in [0.15, 0.2) is 67.0 Å². The van der Waals surface area contributed by atoms with Crippen LogP contribution in [-0.4, -0.2) is 74.6 Å². The molecular weight excluding hydrogens is 790 g/mol. The number of hydrogen-bond acceptors (Lipinski definition) is 10. The molecular formula is C45H51ClF2N8O4. The quantitative estimate of drug-likeness (QED) is 0.0958. The minimum absolute atomic E-state index is 0.156. The largest absolute Gasteiger partial charge is 0.496 e. The van der Waals surface area contributed by atoms with E-state index in [1.54, 1.807) is 26.5 Å². The molecule has 0 amide bonds. The molecule has 0 aliphatic heterocycles. The summed E-state index contributed by atoms with van der Waals surface area (Å²) in [5.74, 6) is 1.06. The molecule has 3 aromatic carbocycles. The second-order valence-corrected chi connectivity index (χ2v) is 15.8. The summed E-state index contributed by atoms with van der Waals surface area (Å²) in [5.41, 5.74) is 6.34. The first-order valence-electron chi connectivity index (χ1n) is 20.5. The summed E-state index contributed by atoms with van der Waals surface area (Å²) in [4.78, 5) is 23.8. The summed E-state index contributed by atoms with van der Waals surface area (Å²) >= 11 is 7.16. The van der Waals surface area contributed by atoms with Gasteiger partial charge >= 0.3 is 0 Å². The van der Waals surface area contributed by atoms with Gasteiger partial charge < -0.3 is 25.2 Å². The van der Waals surface area contributed by atoms with Gasteiger partial charge in [0.2, 0.25) is 0 Å². The van der Waals surface area contributed by atoms with Crippen molar-refractivity contribution in [1.82, 2.24) is 34.9 Å². The molecule has 6 aromatic rings. The molecule has 0 bridgehead atoms. The van der Waals surface area contributed by atoms with Gasteiger partial charge in [0.25, 0.3) is 12.9 Å². The lowest BCUT2D eigenvalue weighted by atomic mass is 9.94. The molecule has 0 saturated heterocycles. The number of alkyl halides is 2. The van der Waals surface area contributed by atoms with Gasteiger partial charge in [-0.3, -0.25) is 14.7 Å². The third kappa shape index (κ3) is 9.46. The Labute approximate surface area is 353 Å². The molecule has 0 atom stereocenters. The molecule has 3 aromatic heterocycles. The van der Waals surface area contributed by atoms with Crippen molar-refractivity contribution in [1.29, 1.82) is 0 Å². The molecule has 3 N–H and O–H groups in total. The van der Waals surface area contributed by atoms with E-state index in [9.17, 15) is 8.78 Å². The first-order chi connectivity index (χ1) is 29.2. The SMILES string of the molecule is COc1cc(-n2ncc3c(-c4cccc(Nc5nc(C(F)F)nc6cc(CNC7CCCCC7)cnc56)c4Cl)cccc32)cc(OC)c1CN(C)C1CCCCC1.O=CO. The topological polar surface area (TPSA) is 140 Å². The molecule has 316 valence electrons. The number of nitrogens with zero attached hydrogens (tertiary/aromatic N) is 6. The Hall–Kier alpha value is -5.44. The first kappa shape index (κ1) is 42.7. The summed E-state index contributed by atoms with van der Waals surface area (Å²) in [6.45, 7) is 1.05. The molecule has 12 nitrogen and oxygen atoms in total. The third-order valence-electron chi connectivity index (χ3n) is 11.6. The van der Waals surface area contributed by atoms with Crippen molar-refractivity contribution in [2.75, 3.05) is 26.6 Å². The van der Waals surface area contributed by atoms with Crippen molar-refractivity contribution in [3.63, 3.8) is 0 Å². The normalized spacial score (nSPS) is 15.0. The van der Waals surface area contributed by atoms with Crippen LogP contribution >= 0.6 is 11.6 Å². The lowest BCUT2D eigenvalue weighted by molar-refractivity contribution is -0.122. The molecule has 15 heteroatoms. The van der Waals surface area contributed by atoms with Gasteiger partial charge in [0, 0.05) is 54.5 Å². The Morgan fingerprint density at radius 2 is 1.60 bits per heavy atom. The van der Waals surface area contributed by atoms with E-state index in [1.807, 2.05) is 59.4 Å². The minimum Gasteiger partial charge on any atom is -0.496 e. The standard InChI is InChI=1S/C44H49ClF2N8O2.CH2O2/c1-54(29-14-8-5-9-15-29)26-34-38(56-2)21-30(22-39(34)57-3)55-37-19-11-16-31(33(37)25-50-55)32-17-10-18-35(40(32)45)51-43-41-36(52-44(53-43)42(46)47)20-27(24-49-41)23-48-28-12-6-4-7-13-28;2-1-3/h10-11,16-22,24-25,28-29,42,48H,4-9,12-15,23,26H2,1-3H3,(H,51,52,53);1H,(H,2,3). The van der Waals surface area contributed by atoms with Gasteiger partial charge in [-0.2, -0.15) is 5.10 Å². The van der Waals surface area contributed by atoms with Crippen LogP contribution in [-0.2, 0) is 17.9 Å². The highest BCUT2D eigenvalue weighted by molar-refractivity contribution is 6.36. The number of carboxylic acid groups (broad SMARTS) is 1. The number of fused-ring (bicyclic) bond motifs is 2. The van der Waals surface area contributed by atoms with Crippen molar-refractivity contribution >= 4 is 51.5 Å². The van der Waals surface area contributed by atoms with Crippen LogP contribution in [0.1, 0.15) is 87.6 Å². The number of aromatic nitrogens is 5. The monoisotopic (exact) mass is 840 g/mol. The fraction of sp³-hybridized carbons (Fsp3) is 0.400. The van der Waals surface area contributed by atoms with E-state index >= 15 is 0 Å². The molecule has 60 heavy (non-hydrogen) atoms. The summed E-state index contributed by atoms with van der Waals surface area (Å²) in [6.07, 6.45) is 12.9. The van der Waals surface area contributed by atoms with Crippen molar-refractivity contribution < 1.29 is 28.2 Å². The van der Waals surface area contributed by atoms with Crippen molar-refractivity contribution in [3.05, 3.63) is 89.0 Å². The number of rotatable bonds is 13. The number of pyridine rings is 1. The fourth-order valence-corrected chi connectivity index (χ4v) is 8.81. The van der Waals surface area contributed by atoms with Crippen LogP contribution in [0, 0.1) is 0 Å². The van der Waals surface area contributed by atoms with Gasteiger partial charge in [0.15, 0.2) is 11.6 Å². The number of ether oxygens (including phenoxy) is 2. The number of nitrogens with one attached hydrogen (secondary N) is 2. The van der Waals surface area contributed by atoms with Crippen LogP contribution in [0.5, 0.6) is 11.5 Å². The molecule has 2 fully saturated rings. The maximum absolute atomic E-state index is 14.1. The Morgan fingerprint density at radius 1 is 0.933 bits per heavy atom. The lowest BCUT2D eigenvalue weighted by Gasteiger charge is -2.32. The lowest BCUT2D eigenvalue weighted by Crippen LogP contribution is -2.33. The summed E-state index contributed by atoms with van der Waals surface area (Å²) in [5, 5.41) is 19.8. The van der Waals surface area contributed by atoms with E-state index in [1.165, 1.54) is 51.4 Å². The van der Waals surface area contributed by atoms with Crippen LogP contribution in [0.3, 0.4) is 0 Å². The predicted molar refractivity (Wildman–Crippen MR) is 231 cm³/mol. The average Bonchev–Trinajstić information content (AvgIpc) is 3.72. The van der Waals surface area contributed by atoms with Gasteiger partial charge in [-0.15, -0.1) is 0 Å². The van der Waals surface area contributed by atoms with Crippen LogP contribution in [0.25, 0.3) is 38.8 Å². The smallest absolute Gasteiger partial charge is 0.297 e. The van der Waals surface area contributed by atoms with Gasteiger partial charge in [-0.1, -0.05) is 74.4 Å². The van der Waals surface area contributed by atoms with E-state index in [2.05, 4.69) is 37.5 Å². The number of benzene rings is 3. The molecule has 0 radical (unpaired) electrons. The Kier molecular flexibility index (Phi) is 14.0. The third-order valence-corrected chi connectivity index (χ3v) is 12.0. The first-order valence-corrected chi connectivity index (χ1v) is 20.8. The minimum atomic E-state index is -2.87. The van der Waals surface area contributed by atoms with Crippen LogP contribution < -0.4 is 20.1 Å². The Balaban J connectivity index is 0.00000176. The van der Waals surface area contributed by atoms with E-state index < -0.39 is 12.2 Å². The van der Waals surface area contributed by atoms with E-state index in [-0.39, 0.29) is 12.3 Å². The highest BCUT2D eigenvalue weighted by Crippen LogP contribution is 2.41. The van der Waals surface area contributed by atoms with Gasteiger partial charge in [-0.25, -0.2) is 23.4 Å². The number of halogens is 3. The van der Waals surface area contributed by atoms with Crippen LogP contribution in [0.2, 0.25) is 5.02 Å². The van der Waals surface area contributed by atoms with Crippen LogP contribution in [0.4, 0.5) is 20.3 Å². The number of carbonyl (C=O) groups is 1. The average molecular weight is 841 g/mol. The van der Waals surface area contributed by atoms with Crippen molar-refractivity contribution in [2.24, 2.45) is 0 Å². The molecule has 2 aliphatic carbocycles. The van der Waals surface area contributed by atoms with E-state index in [4.69, 9.17) is 36.1 Å².